The van der Waals surface area contributed by atoms with Crippen LogP contribution in [0.25, 0.3) is 22.6 Å². The second-order valence-electron chi connectivity index (χ2n) is 9.68. The summed E-state index contributed by atoms with van der Waals surface area (Å²) in [5.74, 6) is 0.0607. The fraction of sp³-hybridized carbons (Fsp3) is 0.385. The number of hydrogen-bond donors (Lipinski definition) is 2. The highest BCUT2D eigenvalue weighted by molar-refractivity contribution is 5.87. The van der Waals surface area contributed by atoms with E-state index < -0.39 is 29.2 Å². The van der Waals surface area contributed by atoms with Gasteiger partial charge in [-0.1, -0.05) is 0 Å². The van der Waals surface area contributed by atoms with Crippen molar-refractivity contribution in [2.75, 3.05) is 23.7 Å². The van der Waals surface area contributed by atoms with Crippen molar-refractivity contribution < 1.29 is 26.3 Å². The second kappa shape index (κ2) is 11.8. The first-order valence-corrected chi connectivity index (χ1v) is 12.6. The predicted molar refractivity (Wildman–Crippen MR) is 141 cm³/mol. The molecule has 0 unspecified atom stereocenters. The molecule has 4 aromatic rings. The molecule has 0 fully saturated rings. The van der Waals surface area contributed by atoms with Crippen molar-refractivity contribution in [3.63, 3.8) is 0 Å². The minimum atomic E-state index is -4.76. The summed E-state index contributed by atoms with van der Waals surface area (Å²) in [7, 11) is 0. The highest BCUT2D eigenvalue weighted by atomic mass is 19.4. The summed E-state index contributed by atoms with van der Waals surface area (Å²) in [4.78, 5) is 18.4. The van der Waals surface area contributed by atoms with Gasteiger partial charge in [0, 0.05) is 37.6 Å². The normalized spacial score (nSPS) is 12.5. The minimum absolute atomic E-state index is 0.0148. The molecule has 0 spiro atoms. The first-order chi connectivity index (χ1) is 19.2. The van der Waals surface area contributed by atoms with Gasteiger partial charge >= 0.3 is 12.4 Å². The van der Waals surface area contributed by atoms with Gasteiger partial charge in [0.2, 0.25) is 0 Å². The van der Waals surface area contributed by atoms with Crippen LogP contribution < -0.4 is 10.6 Å². The number of alkyl halides is 6. The lowest BCUT2D eigenvalue weighted by molar-refractivity contribution is -0.138. The van der Waals surface area contributed by atoms with Gasteiger partial charge in [-0.05, 0) is 52.0 Å². The molecular formula is C26H27F6N9. The van der Waals surface area contributed by atoms with E-state index in [2.05, 4.69) is 45.7 Å². The Kier molecular flexibility index (Phi) is 8.56. The molecule has 0 amide bonds. The summed E-state index contributed by atoms with van der Waals surface area (Å²) in [5, 5.41) is 13.5. The number of halogens is 6. The van der Waals surface area contributed by atoms with Gasteiger partial charge in [0.15, 0.2) is 5.65 Å². The Labute approximate surface area is 231 Å². The second-order valence-corrected chi connectivity index (χ2v) is 9.68. The molecule has 4 rings (SSSR count). The van der Waals surface area contributed by atoms with Crippen LogP contribution in [0.1, 0.15) is 38.8 Å². The molecule has 0 aromatic carbocycles. The lowest BCUT2D eigenvalue weighted by Crippen LogP contribution is -2.40. The van der Waals surface area contributed by atoms with E-state index in [-0.39, 0.29) is 40.6 Å². The van der Waals surface area contributed by atoms with Crippen LogP contribution in [0.5, 0.6) is 0 Å². The first-order valence-electron chi connectivity index (χ1n) is 12.6. The summed E-state index contributed by atoms with van der Waals surface area (Å²) in [5.41, 5.74) is -2.24. The van der Waals surface area contributed by atoms with E-state index in [4.69, 9.17) is 0 Å². The number of fused-ring (bicyclic) bond motifs is 1. The Morgan fingerprint density at radius 1 is 0.829 bits per heavy atom. The van der Waals surface area contributed by atoms with Crippen LogP contribution in [0.4, 0.5) is 43.7 Å². The van der Waals surface area contributed by atoms with Gasteiger partial charge in [0.1, 0.15) is 28.5 Å². The monoisotopic (exact) mass is 579 g/mol. The lowest BCUT2D eigenvalue weighted by Gasteiger charge is -2.30. The van der Waals surface area contributed by atoms with E-state index in [1.54, 1.807) is 0 Å². The molecule has 9 nitrogen and oxygen atoms in total. The molecule has 41 heavy (non-hydrogen) atoms. The van der Waals surface area contributed by atoms with Gasteiger partial charge in [-0.2, -0.15) is 26.3 Å². The van der Waals surface area contributed by atoms with Crippen molar-refractivity contribution in [2.24, 2.45) is 0 Å². The Morgan fingerprint density at radius 2 is 1.56 bits per heavy atom. The number of pyridine rings is 2. The molecule has 15 heteroatoms. The number of rotatable bonds is 9. The molecule has 0 aliphatic carbocycles. The number of anilines is 3. The predicted octanol–water partition coefficient (Wildman–Crippen LogP) is 6.19. The fourth-order valence-corrected chi connectivity index (χ4v) is 4.22. The van der Waals surface area contributed by atoms with Crippen LogP contribution >= 0.6 is 0 Å². The summed E-state index contributed by atoms with van der Waals surface area (Å²) in [6.45, 7) is 9.13. The summed E-state index contributed by atoms with van der Waals surface area (Å²) < 4.78 is 80.6. The van der Waals surface area contributed by atoms with E-state index in [1.165, 1.54) is 12.3 Å². The molecule has 0 radical (unpaired) electrons. The molecule has 0 aliphatic rings. The SMILES string of the molecule is CC(C)N(CCNc1cc(C(F)(F)F)c(-c2cnc3c(Nc4ccc(C(F)(F)F)cn4)ccnc3n2)nn1)C(C)C. The quantitative estimate of drug-likeness (QED) is 0.225. The third kappa shape index (κ3) is 7.14. The van der Waals surface area contributed by atoms with Gasteiger partial charge in [0.05, 0.1) is 23.0 Å². The number of hydrogen-bond acceptors (Lipinski definition) is 9. The highest BCUT2D eigenvalue weighted by Gasteiger charge is 2.36. The summed E-state index contributed by atoms with van der Waals surface area (Å²) >= 11 is 0. The van der Waals surface area contributed by atoms with Crippen LogP contribution in [0.15, 0.2) is 42.9 Å². The van der Waals surface area contributed by atoms with E-state index in [9.17, 15) is 26.3 Å². The van der Waals surface area contributed by atoms with Crippen molar-refractivity contribution in [1.82, 2.24) is 35.0 Å². The largest absolute Gasteiger partial charge is 0.418 e. The number of nitrogens with zero attached hydrogens (tertiary/aromatic N) is 7. The fourth-order valence-electron chi connectivity index (χ4n) is 4.22. The third-order valence-electron chi connectivity index (χ3n) is 6.15. The maximum absolute atomic E-state index is 14.0. The molecule has 4 aromatic heterocycles. The van der Waals surface area contributed by atoms with E-state index >= 15 is 0 Å². The molecule has 2 N–H and O–H groups in total. The van der Waals surface area contributed by atoms with Crippen molar-refractivity contribution in [2.45, 2.75) is 52.1 Å². The summed E-state index contributed by atoms with van der Waals surface area (Å²) in [6, 6.07) is 4.89. The molecule has 0 saturated heterocycles. The molecular weight excluding hydrogens is 552 g/mol. The lowest BCUT2D eigenvalue weighted by atomic mass is 10.1. The third-order valence-corrected chi connectivity index (χ3v) is 6.15. The number of nitrogens with one attached hydrogen (secondary N) is 2. The molecule has 0 saturated carbocycles. The average Bonchev–Trinajstić information content (AvgIpc) is 2.90. The van der Waals surface area contributed by atoms with Gasteiger partial charge in [-0.25, -0.2) is 19.9 Å². The van der Waals surface area contributed by atoms with Crippen LogP contribution in [0, 0.1) is 0 Å². The van der Waals surface area contributed by atoms with E-state index in [0.29, 0.717) is 25.0 Å². The van der Waals surface area contributed by atoms with Gasteiger partial charge in [-0.15, -0.1) is 10.2 Å². The highest BCUT2D eigenvalue weighted by Crippen LogP contribution is 2.36. The average molecular weight is 580 g/mol. The first kappa shape index (κ1) is 29.8. The Balaban J connectivity index is 1.60. The Morgan fingerprint density at radius 3 is 2.17 bits per heavy atom. The van der Waals surface area contributed by atoms with Crippen molar-refractivity contribution in [1.29, 1.82) is 0 Å². The minimum Gasteiger partial charge on any atom is -0.367 e. The zero-order chi connectivity index (χ0) is 29.9. The zero-order valence-corrected chi connectivity index (χ0v) is 22.5. The maximum Gasteiger partial charge on any atom is 0.418 e. The molecule has 0 aliphatic heterocycles. The zero-order valence-electron chi connectivity index (χ0n) is 22.5. The van der Waals surface area contributed by atoms with Crippen LogP contribution in [-0.4, -0.2) is 60.2 Å². The van der Waals surface area contributed by atoms with Crippen molar-refractivity contribution >= 4 is 28.5 Å². The molecule has 4 heterocycles. The number of aromatic nitrogens is 6. The Hall–Kier alpha value is -4.14. The Bertz CT molecular complexity index is 1480. The molecule has 0 atom stereocenters. The molecule has 0 bridgehead atoms. The van der Waals surface area contributed by atoms with Gasteiger partial charge < -0.3 is 10.6 Å². The topological polar surface area (TPSA) is 105 Å². The smallest absolute Gasteiger partial charge is 0.367 e. The van der Waals surface area contributed by atoms with Gasteiger partial charge in [0.25, 0.3) is 0 Å². The standard InChI is InChI=1S/C26H27F6N9/c1-14(2)41(15(3)4)10-9-33-21-11-17(26(30,31)32)22(40-39-21)19-13-36-23-18(7-8-34-24(23)38-19)37-20-6-5-16(12-35-20)25(27,28)29/h5-8,11-15H,9-10H2,1-4H3,(H,33,39)(H,34,35,37,38). The van der Waals surface area contributed by atoms with E-state index in [0.717, 1.165) is 24.4 Å². The van der Waals surface area contributed by atoms with Crippen LogP contribution in [0.2, 0.25) is 0 Å². The van der Waals surface area contributed by atoms with Crippen LogP contribution in [-0.2, 0) is 12.4 Å². The van der Waals surface area contributed by atoms with Crippen LogP contribution in [0.3, 0.4) is 0 Å². The van der Waals surface area contributed by atoms with Gasteiger partial charge in [-0.3, -0.25) is 4.90 Å². The summed E-state index contributed by atoms with van der Waals surface area (Å²) in [6.07, 6.45) is -6.19. The van der Waals surface area contributed by atoms with Crippen molar-refractivity contribution in [3.05, 3.63) is 54.0 Å². The molecule has 218 valence electrons. The van der Waals surface area contributed by atoms with Crippen molar-refractivity contribution in [3.8, 4) is 11.4 Å². The van der Waals surface area contributed by atoms with E-state index in [1.807, 2.05) is 27.7 Å². The maximum atomic E-state index is 14.0.